The van der Waals surface area contributed by atoms with Crippen molar-refractivity contribution in [1.82, 2.24) is 4.90 Å². The van der Waals surface area contributed by atoms with Crippen LogP contribution in [-0.4, -0.2) is 54.2 Å². The van der Waals surface area contributed by atoms with Gasteiger partial charge in [0.15, 0.2) is 17.7 Å². The number of rotatable bonds is 7. The number of likely N-dealkylation sites (tertiary alicyclic amines) is 1. The van der Waals surface area contributed by atoms with Gasteiger partial charge in [-0.1, -0.05) is 6.07 Å². The molecule has 2 atom stereocenters. The summed E-state index contributed by atoms with van der Waals surface area (Å²) < 4.78 is 11.0. The summed E-state index contributed by atoms with van der Waals surface area (Å²) in [4.78, 5) is 18.0. The van der Waals surface area contributed by atoms with E-state index in [1.54, 1.807) is 7.11 Å². The van der Waals surface area contributed by atoms with Crippen molar-refractivity contribution >= 4 is 5.84 Å². The summed E-state index contributed by atoms with van der Waals surface area (Å²) in [5.74, 6) is 1.48. The average molecular weight is 403 g/mol. The van der Waals surface area contributed by atoms with E-state index in [1.165, 1.54) is 12.2 Å². The van der Waals surface area contributed by atoms with Gasteiger partial charge in [-0.2, -0.15) is 0 Å². The van der Waals surface area contributed by atoms with Crippen molar-refractivity contribution in [2.75, 3.05) is 26.8 Å². The van der Waals surface area contributed by atoms with Crippen molar-refractivity contribution in [1.29, 1.82) is 0 Å². The quantitative estimate of drug-likeness (QED) is 0.522. The van der Waals surface area contributed by atoms with Gasteiger partial charge in [-0.25, -0.2) is 4.99 Å². The Morgan fingerprint density at radius 3 is 2.66 bits per heavy atom. The Kier molecular flexibility index (Phi) is 6.39. The number of hydrogen-bond donors (Lipinski definition) is 2. The summed E-state index contributed by atoms with van der Waals surface area (Å²) in [6, 6.07) is 5.91. The van der Waals surface area contributed by atoms with Gasteiger partial charge < -0.3 is 20.9 Å². The van der Waals surface area contributed by atoms with E-state index in [0.717, 1.165) is 30.9 Å². The predicted molar refractivity (Wildman–Crippen MR) is 111 cm³/mol. The summed E-state index contributed by atoms with van der Waals surface area (Å²) in [6.07, 6.45) is 3.42. The van der Waals surface area contributed by atoms with Crippen LogP contribution in [0.1, 0.15) is 25.3 Å². The van der Waals surface area contributed by atoms with Gasteiger partial charge in [0.05, 0.1) is 13.7 Å². The maximum atomic E-state index is 11.9. The number of nitrogens with two attached hydrogens (primary N) is 2. The first-order chi connectivity index (χ1) is 13.9. The second-order valence-electron chi connectivity index (χ2n) is 7.45. The molecule has 0 aliphatic carbocycles. The highest BCUT2D eigenvalue weighted by atomic mass is 16.6. The van der Waals surface area contributed by atoms with Crippen LogP contribution in [0.25, 0.3) is 0 Å². The number of aliphatic imine (C=N–C) groups is 1. The Morgan fingerprint density at radius 1 is 1.34 bits per heavy atom. The molecule has 4 N–H and O–H groups in total. The normalized spacial score (nSPS) is 25.5. The largest absolute Gasteiger partial charge is 0.493 e. The number of nitrogens with zero attached hydrogens (tertiary/aromatic N) is 3. The molecule has 0 bridgehead atoms. The van der Waals surface area contributed by atoms with Gasteiger partial charge in [0.25, 0.3) is 5.54 Å². The van der Waals surface area contributed by atoms with Gasteiger partial charge in [0.2, 0.25) is 0 Å². The summed E-state index contributed by atoms with van der Waals surface area (Å²) in [5, 5.41) is 11.9. The fourth-order valence-corrected chi connectivity index (χ4v) is 4.22. The molecule has 0 saturated carbocycles. The van der Waals surface area contributed by atoms with Crippen LogP contribution >= 0.6 is 0 Å². The second kappa shape index (κ2) is 8.79. The zero-order chi connectivity index (χ0) is 21.0. The lowest BCUT2D eigenvalue weighted by Gasteiger charge is -2.40. The Morgan fingerprint density at radius 2 is 2.07 bits per heavy atom. The number of methoxy groups -OCH3 is 1. The van der Waals surface area contributed by atoms with Gasteiger partial charge in [-0.15, -0.1) is 0 Å². The van der Waals surface area contributed by atoms with Gasteiger partial charge in [0, 0.05) is 17.4 Å². The molecule has 1 aromatic rings. The first-order valence-corrected chi connectivity index (χ1v) is 9.85. The van der Waals surface area contributed by atoms with Crippen LogP contribution in [0, 0.1) is 16.0 Å². The fourth-order valence-electron chi connectivity index (χ4n) is 4.22. The number of hydrogen-bond acceptors (Lipinski definition) is 8. The van der Waals surface area contributed by atoms with E-state index in [9.17, 15) is 10.1 Å². The molecule has 1 saturated heterocycles. The monoisotopic (exact) mass is 403 g/mol. The van der Waals surface area contributed by atoms with Crippen molar-refractivity contribution in [2.45, 2.75) is 38.0 Å². The van der Waals surface area contributed by atoms with Crippen LogP contribution in [0.15, 0.2) is 35.3 Å². The predicted octanol–water partition coefficient (Wildman–Crippen LogP) is 1.53. The van der Waals surface area contributed by atoms with Crippen LogP contribution in [0.3, 0.4) is 0 Å². The molecule has 0 spiro atoms. The van der Waals surface area contributed by atoms with E-state index in [0.29, 0.717) is 25.2 Å². The van der Waals surface area contributed by atoms with Crippen molar-refractivity contribution in [3.8, 4) is 11.5 Å². The Labute approximate surface area is 170 Å². The molecule has 1 fully saturated rings. The maximum absolute atomic E-state index is 11.9. The molecular weight excluding hydrogens is 374 g/mol. The zero-order valence-corrected chi connectivity index (χ0v) is 16.9. The lowest BCUT2D eigenvalue weighted by molar-refractivity contribution is -0.570. The zero-order valence-electron chi connectivity index (χ0n) is 16.9. The minimum Gasteiger partial charge on any atom is -0.493 e. The van der Waals surface area contributed by atoms with Crippen molar-refractivity contribution in [2.24, 2.45) is 22.4 Å². The number of dihydropyridines is 1. The van der Waals surface area contributed by atoms with E-state index in [4.69, 9.17) is 20.9 Å². The van der Waals surface area contributed by atoms with Gasteiger partial charge >= 0.3 is 0 Å². The SMILES string of the molecule is CCOc1cc(CN2CCC(C3([N+](=O)[O-])C=CC(N)=NC3N)CC2)ccc1OC. The van der Waals surface area contributed by atoms with Crippen LogP contribution in [0.2, 0.25) is 0 Å². The number of piperidine rings is 1. The molecule has 158 valence electrons. The van der Waals surface area contributed by atoms with Crippen molar-refractivity contribution in [3.05, 3.63) is 46.0 Å². The van der Waals surface area contributed by atoms with Gasteiger partial charge in [-0.05, 0) is 62.7 Å². The molecule has 0 aromatic heterocycles. The van der Waals surface area contributed by atoms with Crippen LogP contribution in [0.5, 0.6) is 11.5 Å². The topological polar surface area (TPSA) is 129 Å². The fraction of sp³-hybridized carbons (Fsp3) is 0.550. The van der Waals surface area contributed by atoms with Crippen LogP contribution in [0.4, 0.5) is 0 Å². The molecule has 2 aliphatic rings. The molecule has 3 rings (SSSR count). The van der Waals surface area contributed by atoms with E-state index in [-0.39, 0.29) is 16.7 Å². The smallest absolute Gasteiger partial charge is 0.278 e. The molecule has 9 heteroatoms. The van der Waals surface area contributed by atoms with Crippen LogP contribution in [-0.2, 0) is 6.54 Å². The molecule has 2 aliphatic heterocycles. The van der Waals surface area contributed by atoms with E-state index in [1.807, 2.05) is 25.1 Å². The van der Waals surface area contributed by atoms with Crippen molar-refractivity contribution in [3.63, 3.8) is 0 Å². The van der Waals surface area contributed by atoms with E-state index in [2.05, 4.69) is 9.89 Å². The minimum absolute atomic E-state index is 0.188. The Balaban J connectivity index is 1.67. The lowest BCUT2D eigenvalue weighted by Crippen LogP contribution is -2.60. The van der Waals surface area contributed by atoms with Crippen molar-refractivity contribution < 1.29 is 14.4 Å². The molecule has 29 heavy (non-hydrogen) atoms. The highest BCUT2D eigenvalue weighted by molar-refractivity contribution is 5.92. The molecule has 0 amide bonds. The highest BCUT2D eigenvalue weighted by Crippen LogP contribution is 2.37. The van der Waals surface area contributed by atoms with Crippen LogP contribution < -0.4 is 20.9 Å². The molecule has 2 heterocycles. The summed E-state index contributed by atoms with van der Waals surface area (Å²) in [6.45, 7) is 4.74. The number of ether oxygens (including phenoxy) is 2. The number of nitro groups is 1. The Bertz CT molecular complexity index is 804. The third-order valence-corrected chi connectivity index (χ3v) is 5.77. The minimum atomic E-state index is -1.39. The van der Waals surface area contributed by atoms with Gasteiger partial charge in [-0.3, -0.25) is 15.0 Å². The third-order valence-electron chi connectivity index (χ3n) is 5.77. The van der Waals surface area contributed by atoms with E-state index >= 15 is 0 Å². The second-order valence-corrected chi connectivity index (χ2v) is 7.45. The average Bonchev–Trinajstić information content (AvgIpc) is 2.69. The Hall–Kier alpha value is -2.65. The first-order valence-electron chi connectivity index (χ1n) is 9.85. The summed E-state index contributed by atoms with van der Waals surface area (Å²) in [5.41, 5.74) is 11.5. The summed E-state index contributed by atoms with van der Waals surface area (Å²) in [7, 11) is 1.62. The highest BCUT2D eigenvalue weighted by Gasteiger charge is 2.55. The molecule has 1 aromatic carbocycles. The molecule has 0 radical (unpaired) electrons. The summed E-state index contributed by atoms with van der Waals surface area (Å²) >= 11 is 0. The van der Waals surface area contributed by atoms with Gasteiger partial charge in [0.1, 0.15) is 5.84 Å². The first kappa shape index (κ1) is 21.1. The molecule has 9 nitrogen and oxygen atoms in total. The third kappa shape index (κ3) is 4.20. The maximum Gasteiger partial charge on any atom is 0.278 e. The lowest BCUT2D eigenvalue weighted by atomic mass is 9.75. The number of benzene rings is 1. The molecule has 2 unspecified atom stereocenters. The number of amidine groups is 1. The standard InChI is InChI=1S/C20H29N5O4/c1-3-29-17-12-14(4-5-16(17)28-2)13-24-10-7-15(8-11-24)20(25(26)27)9-6-18(21)23-19(20)22/h4-6,9,12,15,19H,3,7-8,10-11,13,22H2,1-2H3,(H2,21,23). The molecular formula is C20H29N5O4. The van der Waals surface area contributed by atoms with E-state index < -0.39 is 11.7 Å².